The second-order valence-corrected chi connectivity index (χ2v) is 61.9. The van der Waals surface area contributed by atoms with Gasteiger partial charge in [0.25, 0.3) is 0 Å². The SMILES string of the molecule is C[Si](C)(C)c1ccc(-c2cccc3c2C=C(CC2CCCCCC2)[CH]3[Zr]([CH3])(=[SiH2])([CH2]CC(F)(F)F)[CH]2C(CC3CCCCCC3)=Cc3c(-c4ccc([Si](C)(C)C)cc4)cccc32)cc1.Cl.Cl. The minimum absolute atomic E-state index is 0. The summed E-state index contributed by atoms with van der Waals surface area (Å²) in [6.45, 7) is 16.6. The average Bonchev–Trinajstić information content (AvgIpc) is 3.54. The Labute approximate surface area is 407 Å². The van der Waals surface area contributed by atoms with E-state index in [2.05, 4.69) is 148 Å². The second kappa shape index (κ2) is 20.7. The molecular formula is C56H77Cl2F3Si3Zr. The molecular weight excluding hydrogens is 976 g/mol. The molecule has 0 aromatic heterocycles. The Kier molecular flexibility index (Phi) is 16.8. The molecule has 352 valence electrons. The van der Waals surface area contributed by atoms with Crippen molar-refractivity contribution in [3.05, 3.63) is 118 Å². The molecule has 4 aromatic rings. The Morgan fingerprint density at radius 3 is 1.22 bits per heavy atom. The van der Waals surface area contributed by atoms with E-state index in [1.165, 1.54) is 143 Å². The van der Waals surface area contributed by atoms with Crippen LogP contribution in [0.3, 0.4) is 0 Å². The van der Waals surface area contributed by atoms with Gasteiger partial charge in [0.15, 0.2) is 0 Å². The van der Waals surface area contributed by atoms with E-state index in [0.29, 0.717) is 11.8 Å². The molecule has 2 saturated carbocycles. The Hall–Kier alpha value is -1.74. The Balaban J connectivity index is 0.00000350. The molecule has 0 amide bonds. The fourth-order valence-electron chi connectivity index (χ4n) is 12.9. The van der Waals surface area contributed by atoms with Crippen LogP contribution in [0.1, 0.15) is 126 Å². The van der Waals surface area contributed by atoms with Gasteiger partial charge in [-0.3, -0.25) is 0 Å². The molecule has 0 radical (unpaired) electrons. The van der Waals surface area contributed by atoms with Crippen molar-refractivity contribution in [1.29, 1.82) is 0 Å². The average molecular weight is 1050 g/mol. The molecule has 0 bridgehead atoms. The summed E-state index contributed by atoms with van der Waals surface area (Å²) in [4.78, 5) is 0. The van der Waals surface area contributed by atoms with E-state index >= 15 is 13.2 Å². The molecule has 0 nitrogen and oxygen atoms in total. The van der Waals surface area contributed by atoms with Gasteiger partial charge in [0, 0.05) is 0 Å². The van der Waals surface area contributed by atoms with Crippen molar-refractivity contribution in [2.45, 2.75) is 158 Å². The van der Waals surface area contributed by atoms with Crippen LogP contribution in [0, 0.1) is 11.8 Å². The minimum atomic E-state index is -4.86. The molecule has 4 aliphatic carbocycles. The maximum Gasteiger partial charge on any atom is -0.147 e. The van der Waals surface area contributed by atoms with Crippen molar-refractivity contribution in [3.8, 4) is 22.3 Å². The van der Waals surface area contributed by atoms with Crippen molar-refractivity contribution in [1.82, 2.24) is 0 Å². The first-order valence-electron chi connectivity index (χ1n) is 24.8. The van der Waals surface area contributed by atoms with Gasteiger partial charge in [0.1, 0.15) is 0 Å². The minimum Gasteiger partial charge on any atom is -0.147 e. The van der Waals surface area contributed by atoms with E-state index in [9.17, 15) is 0 Å². The van der Waals surface area contributed by atoms with Crippen LogP contribution in [0.5, 0.6) is 0 Å². The van der Waals surface area contributed by atoms with Gasteiger partial charge in [0.05, 0.1) is 0 Å². The molecule has 2 fully saturated rings. The number of alkyl halides is 3. The van der Waals surface area contributed by atoms with Crippen molar-refractivity contribution in [2.75, 3.05) is 0 Å². The summed E-state index contributed by atoms with van der Waals surface area (Å²) >= 11 is -4.86. The predicted molar refractivity (Wildman–Crippen MR) is 287 cm³/mol. The molecule has 9 heteroatoms. The van der Waals surface area contributed by atoms with E-state index in [1.54, 1.807) is 0 Å². The van der Waals surface area contributed by atoms with Gasteiger partial charge in [-0.1, -0.05) is 0 Å². The standard InChI is InChI=1S/2C26H33Si.C3H4F3.CH3.2ClH.H2Si.Zr/c2*1-27(2,3)24-15-13-22(14-16-24)25-12-8-11-23-18-21(19-26(23)25)17-20-9-6-4-5-7-10-20;1-2-3(4,5)6;;;;;/h2*8,11-16,18-20H,4-7,9-10,17H2,1-3H3;1-2H2;1H3;2*1H;1H2;. The van der Waals surface area contributed by atoms with Crippen LogP contribution in [0.25, 0.3) is 34.4 Å². The van der Waals surface area contributed by atoms with Crippen LogP contribution >= 0.6 is 24.8 Å². The monoisotopic (exact) mass is 1050 g/mol. The predicted octanol–water partition coefficient (Wildman–Crippen LogP) is 16.9. The topological polar surface area (TPSA) is 0 Å². The van der Waals surface area contributed by atoms with Gasteiger partial charge in [-0.15, -0.1) is 24.8 Å². The molecule has 65 heavy (non-hydrogen) atoms. The fraction of sp³-hybridized carbons (Fsp3) is 0.500. The number of hydrogen-bond acceptors (Lipinski definition) is 0. The van der Waals surface area contributed by atoms with Gasteiger partial charge in [-0.25, -0.2) is 0 Å². The normalized spacial score (nSPS) is 20.1. The second-order valence-electron chi connectivity index (χ2n) is 23.3. The molecule has 0 saturated heterocycles. The number of rotatable bonds is 12. The third-order valence-electron chi connectivity index (χ3n) is 16.3. The van der Waals surface area contributed by atoms with Crippen molar-refractivity contribution in [2.24, 2.45) is 11.8 Å². The summed E-state index contributed by atoms with van der Waals surface area (Å²) in [5.74, 6) is 1.17. The summed E-state index contributed by atoms with van der Waals surface area (Å²) in [7, 11) is -2.99. The third kappa shape index (κ3) is 11.5. The van der Waals surface area contributed by atoms with Gasteiger partial charge in [-0.05, 0) is 0 Å². The first kappa shape index (κ1) is 52.6. The van der Waals surface area contributed by atoms with E-state index in [4.69, 9.17) is 0 Å². The fourth-order valence-corrected chi connectivity index (χ4v) is 38.9. The number of fused-ring (bicyclic) bond motifs is 2. The van der Waals surface area contributed by atoms with Crippen LogP contribution in [0.4, 0.5) is 13.2 Å². The van der Waals surface area contributed by atoms with Crippen LogP contribution < -0.4 is 10.4 Å². The molecule has 4 aliphatic rings. The van der Waals surface area contributed by atoms with Gasteiger partial charge >= 0.3 is 386 Å². The van der Waals surface area contributed by atoms with Crippen LogP contribution in [-0.2, 0) is 17.4 Å². The molecule has 0 spiro atoms. The Morgan fingerprint density at radius 2 is 0.892 bits per heavy atom. The van der Waals surface area contributed by atoms with Gasteiger partial charge in [-0.2, -0.15) is 0 Å². The van der Waals surface area contributed by atoms with Gasteiger partial charge in [0.2, 0.25) is 0 Å². The molecule has 0 N–H and O–H groups in total. The molecule has 4 aromatic carbocycles. The largest absolute Gasteiger partial charge is 0.147 e. The maximum absolute atomic E-state index is 15.2. The van der Waals surface area contributed by atoms with Crippen LogP contribution in [0.2, 0.25) is 48.0 Å². The molecule has 2 unspecified atom stereocenters. The summed E-state index contributed by atoms with van der Waals surface area (Å²) in [5, 5.41) is 2.90. The zero-order chi connectivity index (χ0) is 44.8. The van der Waals surface area contributed by atoms with E-state index in [-0.39, 0.29) is 36.2 Å². The Bertz CT molecular complexity index is 2250. The van der Waals surface area contributed by atoms with E-state index in [1.807, 2.05) is 0 Å². The molecule has 8 rings (SSSR count). The summed E-state index contributed by atoms with van der Waals surface area (Å²) in [6.07, 6.45) is 17.4. The third-order valence-corrected chi connectivity index (χ3v) is 43.3. The quantitative estimate of drug-likeness (QED) is 0.0980. The summed E-state index contributed by atoms with van der Waals surface area (Å²) < 4.78 is 48.4. The van der Waals surface area contributed by atoms with E-state index in [0.717, 1.165) is 12.8 Å². The number of hydrogen-bond donors (Lipinski definition) is 0. The van der Waals surface area contributed by atoms with Crippen LogP contribution in [0.15, 0.2) is 96.1 Å². The van der Waals surface area contributed by atoms with Crippen molar-refractivity contribution in [3.63, 3.8) is 0 Å². The zero-order valence-electron chi connectivity index (χ0n) is 40.5. The number of halogens is 5. The van der Waals surface area contributed by atoms with Crippen molar-refractivity contribution < 1.29 is 30.6 Å². The summed E-state index contributed by atoms with van der Waals surface area (Å²) in [6, 6.07) is 32.4. The zero-order valence-corrected chi connectivity index (χ0v) is 48.0. The van der Waals surface area contributed by atoms with E-state index < -0.39 is 46.1 Å². The smallest absolute Gasteiger partial charge is 0.147 e. The summed E-state index contributed by atoms with van der Waals surface area (Å²) in [5.41, 5.74) is 13.1. The molecule has 2 atom stereocenters. The van der Waals surface area contributed by atoms with Crippen molar-refractivity contribution >= 4 is 70.4 Å². The first-order chi connectivity index (χ1) is 29.8. The number of benzene rings is 4. The number of allylic oxidation sites excluding steroid dienone is 2. The maximum atomic E-state index is 15.2. The Morgan fingerprint density at radius 1 is 0.538 bits per heavy atom. The first-order valence-corrected chi connectivity index (χ1v) is 44.8. The molecule has 0 heterocycles. The van der Waals surface area contributed by atoms with Crippen LogP contribution in [-0.4, -0.2) is 29.2 Å². The molecule has 0 aliphatic heterocycles. The van der Waals surface area contributed by atoms with Gasteiger partial charge < -0.3 is 0 Å².